The molecule has 0 aromatic heterocycles. The average Bonchev–Trinajstić information content (AvgIpc) is 2.66. The summed E-state index contributed by atoms with van der Waals surface area (Å²) in [5, 5.41) is 8.70. The Bertz CT molecular complexity index is 583. The summed E-state index contributed by atoms with van der Waals surface area (Å²) in [7, 11) is -3.44. The van der Waals surface area contributed by atoms with Crippen LogP contribution in [-0.2, 0) is 20.1 Å². The molecule has 0 bridgehead atoms. The van der Waals surface area contributed by atoms with Gasteiger partial charge in [-0.2, -0.15) is 8.42 Å². The Balaban J connectivity index is 0.00000113. The summed E-state index contributed by atoms with van der Waals surface area (Å²) in [4.78, 5) is 0. The monoisotopic (exact) mass is 429 g/mol. The third kappa shape index (κ3) is 20.1. The number of hydrogen-bond donors (Lipinski definition) is 2. The second-order valence-electron chi connectivity index (χ2n) is 8.21. The van der Waals surface area contributed by atoms with Crippen molar-refractivity contribution in [1.29, 1.82) is 0 Å². The van der Waals surface area contributed by atoms with Crippen LogP contribution in [0, 0.1) is 0 Å². The van der Waals surface area contributed by atoms with E-state index in [1.165, 1.54) is 51.4 Å². The van der Waals surface area contributed by atoms with Crippen molar-refractivity contribution in [3.63, 3.8) is 0 Å². The van der Waals surface area contributed by atoms with Crippen molar-refractivity contribution in [2.75, 3.05) is 13.2 Å². The minimum absolute atomic E-state index is 0.0361. The van der Waals surface area contributed by atoms with E-state index < -0.39 is 15.7 Å². The second-order valence-corrected chi connectivity index (χ2v) is 9.85. The highest BCUT2D eigenvalue weighted by Crippen LogP contribution is 2.12. The van der Waals surface area contributed by atoms with Crippen LogP contribution in [0.4, 0.5) is 0 Å². The summed E-state index contributed by atoms with van der Waals surface area (Å²) >= 11 is 0. The molecule has 0 amide bonds. The quantitative estimate of drug-likeness (QED) is 0.296. The van der Waals surface area contributed by atoms with E-state index in [1.807, 2.05) is 18.2 Å². The topological polar surface area (TPSA) is 89.6 Å². The number of rotatable bonds is 15. The fourth-order valence-electron chi connectivity index (χ4n) is 2.60. The summed E-state index contributed by atoms with van der Waals surface area (Å²) in [6.07, 6.45) is 12.3. The van der Waals surface area contributed by atoms with E-state index in [4.69, 9.17) is 15.0 Å². The predicted octanol–water partition coefficient (Wildman–Crippen LogP) is 5.17. The van der Waals surface area contributed by atoms with Crippen molar-refractivity contribution in [2.24, 2.45) is 5.73 Å². The van der Waals surface area contributed by atoms with Crippen LogP contribution in [-0.4, -0.2) is 32.3 Å². The minimum atomic E-state index is -3.44. The van der Waals surface area contributed by atoms with E-state index in [1.54, 1.807) is 26.0 Å². The van der Waals surface area contributed by atoms with Crippen LogP contribution in [0.1, 0.15) is 90.5 Å². The SMILES string of the molecule is CC(C)(O)CN.CCCCCCCCCCCCOS(=O)(=O)Cc1ccccc1. The maximum absolute atomic E-state index is 11.8. The van der Waals surface area contributed by atoms with Crippen LogP contribution in [0.15, 0.2) is 30.3 Å². The average molecular weight is 430 g/mol. The lowest BCUT2D eigenvalue weighted by Gasteiger charge is -2.11. The molecule has 170 valence electrons. The van der Waals surface area contributed by atoms with E-state index in [2.05, 4.69) is 6.92 Å². The van der Waals surface area contributed by atoms with E-state index in [0.29, 0.717) is 13.2 Å². The maximum atomic E-state index is 11.8. The molecule has 1 aromatic carbocycles. The number of aliphatic hydroxyl groups is 1. The van der Waals surface area contributed by atoms with Gasteiger partial charge in [-0.25, -0.2) is 0 Å². The van der Waals surface area contributed by atoms with Crippen LogP contribution in [0.5, 0.6) is 0 Å². The first kappa shape index (κ1) is 28.1. The van der Waals surface area contributed by atoms with Gasteiger partial charge in [0.15, 0.2) is 0 Å². The van der Waals surface area contributed by atoms with Gasteiger partial charge < -0.3 is 10.8 Å². The van der Waals surface area contributed by atoms with Crippen molar-refractivity contribution in [3.8, 4) is 0 Å². The van der Waals surface area contributed by atoms with Gasteiger partial charge in [0.25, 0.3) is 10.1 Å². The Kier molecular flexibility index (Phi) is 16.3. The molecule has 0 fully saturated rings. The van der Waals surface area contributed by atoms with Crippen molar-refractivity contribution in [2.45, 2.75) is 96.3 Å². The fraction of sp³-hybridized carbons (Fsp3) is 0.739. The predicted molar refractivity (Wildman–Crippen MR) is 122 cm³/mol. The van der Waals surface area contributed by atoms with Crippen LogP contribution >= 0.6 is 0 Å². The normalized spacial score (nSPS) is 11.8. The molecule has 29 heavy (non-hydrogen) atoms. The molecule has 1 rings (SSSR count). The Labute approximate surface area is 179 Å². The zero-order chi connectivity index (χ0) is 22.0. The maximum Gasteiger partial charge on any atom is 0.271 e. The van der Waals surface area contributed by atoms with Gasteiger partial charge in [0.2, 0.25) is 0 Å². The molecule has 0 saturated carbocycles. The lowest BCUT2D eigenvalue weighted by atomic mass is 10.1. The molecule has 0 heterocycles. The first-order chi connectivity index (χ1) is 13.7. The molecule has 0 aliphatic rings. The fourth-order valence-corrected chi connectivity index (χ4v) is 3.65. The van der Waals surface area contributed by atoms with E-state index in [-0.39, 0.29) is 5.75 Å². The summed E-state index contributed by atoms with van der Waals surface area (Å²) in [6, 6.07) is 9.17. The molecule has 0 aliphatic heterocycles. The Morgan fingerprint density at radius 1 is 0.897 bits per heavy atom. The Hall–Kier alpha value is -0.950. The number of unbranched alkanes of at least 4 members (excludes halogenated alkanes) is 9. The molecule has 0 saturated heterocycles. The lowest BCUT2D eigenvalue weighted by molar-refractivity contribution is 0.0898. The molecule has 3 N–H and O–H groups in total. The molecule has 0 radical (unpaired) electrons. The molecule has 0 aliphatic carbocycles. The summed E-state index contributed by atoms with van der Waals surface area (Å²) in [5.74, 6) is -0.0361. The van der Waals surface area contributed by atoms with E-state index in [0.717, 1.165) is 18.4 Å². The molecular weight excluding hydrogens is 386 g/mol. The molecule has 0 unspecified atom stereocenters. The standard InChI is InChI=1S/C19H32O3S.C4H11NO/c1-2-3-4-5-6-7-8-9-10-14-17-22-23(20,21)18-19-15-12-11-13-16-19;1-4(2,6)3-5/h11-13,15-16H,2-10,14,17-18H2,1H3;6H,3,5H2,1-2H3. The molecule has 0 spiro atoms. The number of nitrogens with two attached hydrogens (primary N) is 1. The Morgan fingerprint density at radius 3 is 1.79 bits per heavy atom. The number of benzene rings is 1. The van der Waals surface area contributed by atoms with Crippen LogP contribution in [0.25, 0.3) is 0 Å². The van der Waals surface area contributed by atoms with E-state index in [9.17, 15) is 8.42 Å². The van der Waals surface area contributed by atoms with Crippen molar-refractivity contribution in [3.05, 3.63) is 35.9 Å². The zero-order valence-electron chi connectivity index (χ0n) is 18.7. The molecular formula is C23H43NO4S. The van der Waals surface area contributed by atoms with Gasteiger partial charge in [-0.3, -0.25) is 4.18 Å². The lowest BCUT2D eigenvalue weighted by Crippen LogP contribution is -2.29. The van der Waals surface area contributed by atoms with Crippen LogP contribution in [0.3, 0.4) is 0 Å². The summed E-state index contributed by atoms with van der Waals surface area (Å²) in [6.45, 7) is 6.22. The highest BCUT2D eigenvalue weighted by molar-refractivity contribution is 7.85. The minimum Gasteiger partial charge on any atom is -0.389 e. The van der Waals surface area contributed by atoms with Gasteiger partial charge in [0.1, 0.15) is 5.75 Å². The first-order valence-electron chi connectivity index (χ1n) is 11.0. The van der Waals surface area contributed by atoms with Gasteiger partial charge in [-0.05, 0) is 25.8 Å². The van der Waals surface area contributed by atoms with E-state index >= 15 is 0 Å². The smallest absolute Gasteiger partial charge is 0.271 e. The Morgan fingerprint density at radius 2 is 1.34 bits per heavy atom. The van der Waals surface area contributed by atoms with Crippen LogP contribution in [0.2, 0.25) is 0 Å². The van der Waals surface area contributed by atoms with Gasteiger partial charge in [-0.15, -0.1) is 0 Å². The van der Waals surface area contributed by atoms with Gasteiger partial charge in [0.05, 0.1) is 12.2 Å². The number of hydrogen-bond acceptors (Lipinski definition) is 5. The second kappa shape index (κ2) is 16.8. The molecule has 6 heteroatoms. The third-order valence-electron chi connectivity index (χ3n) is 4.45. The first-order valence-corrected chi connectivity index (χ1v) is 12.6. The van der Waals surface area contributed by atoms with Crippen molar-refractivity contribution < 1.29 is 17.7 Å². The van der Waals surface area contributed by atoms with Gasteiger partial charge in [-0.1, -0.05) is 95.0 Å². The van der Waals surface area contributed by atoms with Crippen molar-refractivity contribution in [1.82, 2.24) is 0 Å². The largest absolute Gasteiger partial charge is 0.389 e. The van der Waals surface area contributed by atoms with Gasteiger partial charge >= 0.3 is 0 Å². The van der Waals surface area contributed by atoms with Crippen LogP contribution < -0.4 is 5.73 Å². The highest BCUT2D eigenvalue weighted by atomic mass is 32.2. The molecule has 5 nitrogen and oxygen atoms in total. The summed E-state index contributed by atoms with van der Waals surface area (Å²) < 4.78 is 28.8. The highest BCUT2D eigenvalue weighted by Gasteiger charge is 2.11. The molecule has 1 aromatic rings. The summed E-state index contributed by atoms with van der Waals surface area (Å²) in [5.41, 5.74) is 5.15. The van der Waals surface area contributed by atoms with Gasteiger partial charge in [0, 0.05) is 6.54 Å². The third-order valence-corrected chi connectivity index (χ3v) is 5.66. The van der Waals surface area contributed by atoms with Crippen molar-refractivity contribution >= 4 is 10.1 Å². The molecule has 0 atom stereocenters. The zero-order valence-corrected chi connectivity index (χ0v) is 19.6.